The third-order valence-corrected chi connectivity index (χ3v) is 8.19. The Hall–Kier alpha value is -3.49. The van der Waals surface area contributed by atoms with E-state index < -0.39 is 11.6 Å². The zero-order valence-electron chi connectivity index (χ0n) is 21.1. The summed E-state index contributed by atoms with van der Waals surface area (Å²) in [5.41, 5.74) is 8.01. The van der Waals surface area contributed by atoms with Crippen molar-refractivity contribution in [3.05, 3.63) is 51.0 Å². The highest BCUT2D eigenvalue weighted by molar-refractivity contribution is 14.1. The minimum Gasteiger partial charge on any atom is -0.368 e. The highest BCUT2D eigenvalue weighted by Crippen LogP contribution is 2.43. The predicted molar refractivity (Wildman–Crippen MR) is 149 cm³/mol. The van der Waals surface area contributed by atoms with E-state index in [0.717, 1.165) is 24.1 Å². The van der Waals surface area contributed by atoms with Gasteiger partial charge in [-0.1, -0.05) is 30.3 Å². The lowest BCUT2D eigenvalue weighted by Crippen LogP contribution is -2.47. The van der Waals surface area contributed by atoms with Crippen molar-refractivity contribution in [2.75, 3.05) is 16.8 Å². The SMILES string of the molecule is CC1(C)c2[nH]nc(Nc3nc(I)nc(N4CCC[C@H]4C(N)=O)n3)c2CN1C(=O)NC1C[C@@H]1c1ccccc1. The van der Waals surface area contributed by atoms with Gasteiger partial charge in [0.2, 0.25) is 17.8 Å². The molecular formula is C25H29IN10O2. The summed E-state index contributed by atoms with van der Waals surface area (Å²) in [4.78, 5) is 42.3. The number of nitrogens with one attached hydrogen (secondary N) is 3. The molecule has 1 saturated carbocycles. The molecule has 3 aliphatic rings. The molecule has 4 heterocycles. The average molecular weight is 628 g/mol. The Bertz CT molecular complexity index is 1390. The molecule has 2 fully saturated rings. The van der Waals surface area contributed by atoms with Gasteiger partial charge in [0.1, 0.15) is 6.04 Å². The number of nitrogens with zero attached hydrogens (tertiary/aromatic N) is 6. The molecule has 38 heavy (non-hydrogen) atoms. The van der Waals surface area contributed by atoms with E-state index in [2.05, 4.69) is 47.9 Å². The van der Waals surface area contributed by atoms with Crippen LogP contribution in [0.25, 0.3) is 0 Å². The van der Waals surface area contributed by atoms with Crippen molar-refractivity contribution in [2.24, 2.45) is 5.73 Å². The highest BCUT2D eigenvalue weighted by Gasteiger charge is 2.47. The van der Waals surface area contributed by atoms with Crippen LogP contribution in [0.15, 0.2) is 30.3 Å². The number of amides is 3. The van der Waals surface area contributed by atoms with Gasteiger partial charge in [-0.05, 0) is 38.7 Å². The van der Waals surface area contributed by atoms with E-state index in [1.165, 1.54) is 5.56 Å². The molecule has 12 nitrogen and oxygen atoms in total. The van der Waals surface area contributed by atoms with E-state index in [4.69, 9.17) is 5.73 Å². The van der Waals surface area contributed by atoms with Crippen molar-refractivity contribution < 1.29 is 9.59 Å². The summed E-state index contributed by atoms with van der Waals surface area (Å²) >= 11 is 2.03. The number of carbonyl (C=O) groups is 2. The molecule has 3 atom stereocenters. The van der Waals surface area contributed by atoms with Crippen LogP contribution in [0.5, 0.6) is 0 Å². The van der Waals surface area contributed by atoms with Gasteiger partial charge in [-0.25, -0.2) is 4.79 Å². The van der Waals surface area contributed by atoms with Gasteiger partial charge >= 0.3 is 6.03 Å². The smallest absolute Gasteiger partial charge is 0.318 e. The number of H-pyrrole nitrogens is 1. The summed E-state index contributed by atoms with van der Waals surface area (Å²) in [6, 6.07) is 9.88. The number of aromatic nitrogens is 5. The number of urea groups is 1. The van der Waals surface area contributed by atoms with E-state index in [9.17, 15) is 9.59 Å². The molecule has 2 aromatic heterocycles. The van der Waals surface area contributed by atoms with Crippen molar-refractivity contribution in [2.45, 2.75) is 63.2 Å². The van der Waals surface area contributed by atoms with Gasteiger partial charge in [-0.2, -0.15) is 20.1 Å². The second-order valence-corrected chi connectivity index (χ2v) is 11.5. The second-order valence-electron chi connectivity index (χ2n) is 10.5. The lowest BCUT2D eigenvalue weighted by Gasteiger charge is -2.32. The number of hydrogen-bond donors (Lipinski definition) is 4. The maximum atomic E-state index is 13.3. The molecule has 2 aliphatic heterocycles. The van der Waals surface area contributed by atoms with E-state index in [0.29, 0.717) is 47.0 Å². The lowest BCUT2D eigenvalue weighted by atomic mass is 10.0. The number of halogens is 1. The molecular weight excluding hydrogens is 599 g/mol. The van der Waals surface area contributed by atoms with Crippen molar-refractivity contribution in [3.8, 4) is 0 Å². The first-order valence-corrected chi connectivity index (χ1v) is 13.8. The van der Waals surface area contributed by atoms with Crippen LogP contribution < -0.4 is 21.3 Å². The summed E-state index contributed by atoms with van der Waals surface area (Å²) in [6.07, 6.45) is 2.45. The van der Waals surface area contributed by atoms with Crippen LogP contribution in [-0.4, -0.2) is 60.6 Å². The molecule has 1 unspecified atom stereocenters. The standard InChI is InChI=1S/C25H29IN10O2/c1-25(2)18-15(12-36(25)24(38)28-16-11-14(16)13-7-4-3-5-8-13)20(34-33-18)29-22-30-21(26)31-23(32-22)35-10-6-9-17(35)19(27)37/h3-5,7-8,14,16-17H,6,9-12H2,1-2H3,(H2,27,37)(H,28,38)(H2,29,30,31,32,33,34)/t14-,16?,17+/m1/s1. The topological polar surface area (TPSA) is 158 Å². The van der Waals surface area contributed by atoms with Crippen LogP contribution in [0.1, 0.15) is 55.8 Å². The molecule has 1 aliphatic carbocycles. The molecule has 5 N–H and O–H groups in total. The monoisotopic (exact) mass is 628 g/mol. The Morgan fingerprint density at radius 1 is 1.18 bits per heavy atom. The van der Waals surface area contributed by atoms with Gasteiger partial charge in [0.25, 0.3) is 0 Å². The summed E-state index contributed by atoms with van der Waals surface area (Å²) in [5, 5.41) is 14.0. The first kappa shape index (κ1) is 24.8. The number of carbonyl (C=O) groups excluding carboxylic acids is 2. The van der Waals surface area contributed by atoms with Gasteiger partial charge in [0.15, 0.2) is 9.65 Å². The number of benzene rings is 1. The zero-order valence-corrected chi connectivity index (χ0v) is 23.3. The fraction of sp³-hybridized carbons (Fsp3) is 0.440. The number of nitrogens with two attached hydrogens (primary N) is 1. The first-order valence-electron chi connectivity index (χ1n) is 12.7. The predicted octanol–water partition coefficient (Wildman–Crippen LogP) is 2.71. The minimum atomic E-state index is -0.577. The molecule has 3 amide bonds. The lowest BCUT2D eigenvalue weighted by molar-refractivity contribution is -0.119. The summed E-state index contributed by atoms with van der Waals surface area (Å²) < 4.78 is 0.483. The van der Waals surface area contributed by atoms with Crippen LogP contribution >= 0.6 is 22.6 Å². The number of rotatable bonds is 6. The number of aromatic amines is 1. The second kappa shape index (κ2) is 9.36. The maximum absolute atomic E-state index is 13.3. The van der Waals surface area contributed by atoms with Gasteiger partial charge in [-0.3, -0.25) is 9.89 Å². The van der Waals surface area contributed by atoms with Gasteiger partial charge in [0.05, 0.1) is 17.8 Å². The number of anilines is 3. The van der Waals surface area contributed by atoms with Crippen LogP contribution in [0.3, 0.4) is 0 Å². The summed E-state index contributed by atoms with van der Waals surface area (Å²) in [5.74, 6) is 1.23. The Morgan fingerprint density at radius 2 is 1.97 bits per heavy atom. The number of hydrogen-bond acceptors (Lipinski definition) is 8. The molecule has 1 saturated heterocycles. The highest BCUT2D eigenvalue weighted by atomic mass is 127. The summed E-state index contributed by atoms with van der Waals surface area (Å²) in [7, 11) is 0. The largest absolute Gasteiger partial charge is 0.368 e. The molecule has 6 rings (SSSR count). The van der Waals surface area contributed by atoms with Crippen LogP contribution in [0.2, 0.25) is 0 Å². The van der Waals surface area contributed by atoms with E-state index >= 15 is 0 Å². The maximum Gasteiger partial charge on any atom is 0.318 e. The third-order valence-electron chi connectivity index (χ3n) is 7.71. The third kappa shape index (κ3) is 4.41. The normalized spacial score (nSPS) is 23.3. The Labute approximate surface area is 233 Å². The van der Waals surface area contributed by atoms with Crippen molar-refractivity contribution in [3.63, 3.8) is 0 Å². The van der Waals surface area contributed by atoms with Crippen molar-refractivity contribution in [1.29, 1.82) is 0 Å². The molecule has 1 aromatic carbocycles. The van der Waals surface area contributed by atoms with Crippen LogP contribution in [0.4, 0.5) is 22.5 Å². The van der Waals surface area contributed by atoms with Crippen molar-refractivity contribution >= 4 is 52.2 Å². The quantitative estimate of drug-likeness (QED) is 0.304. The Morgan fingerprint density at radius 3 is 2.74 bits per heavy atom. The van der Waals surface area contributed by atoms with E-state index in [1.807, 2.05) is 64.4 Å². The molecule has 0 bridgehead atoms. The van der Waals surface area contributed by atoms with Crippen LogP contribution in [0, 0.1) is 3.83 Å². The van der Waals surface area contributed by atoms with Gasteiger partial charge in [0, 0.05) is 46.7 Å². The fourth-order valence-electron chi connectivity index (χ4n) is 5.54. The Balaban J connectivity index is 1.18. The molecule has 0 radical (unpaired) electrons. The average Bonchev–Trinajstić information content (AvgIpc) is 3.19. The molecule has 3 aromatic rings. The van der Waals surface area contributed by atoms with Gasteiger partial charge in [-0.15, -0.1) is 0 Å². The number of primary amides is 1. The van der Waals surface area contributed by atoms with Gasteiger partial charge < -0.3 is 26.2 Å². The molecule has 198 valence electrons. The zero-order chi connectivity index (χ0) is 26.6. The molecule has 13 heteroatoms. The van der Waals surface area contributed by atoms with E-state index in [-0.39, 0.29) is 18.0 Å². The Kier molecular flexibility index (Phi) is 6.12. The minimum absolute atomic E-state index is 0.0995. The summed E-state index contributed by atoms with van der Waals surface area (Å²) in [6.45, 7) is 5.04. The molecule has 0 spiro atoms. The number of fused-ring (bicyclic) bond motifs is 1. The fourth-order valence-corrected chi connectivity index (χ4v) is 5.98. The first-order chi connectivity index (χ1) is 18.2. The van der Waals surface area contributed by atoms with Crippen LogP contribution in [-0.2, 0) is 16.9 Å². The van der Waals surface area contributed by atoms with E-state index in [1.54, 1.807) is 0 Å². The van der Waals surface area contributed by atoms with Crippen molar-refractivity contribution in [1.82, 2.24) is 35.4 Å².